The van der Waals surface area contributed by atoms with Crippen LogP contribution in [-0.2, 0) is 15.6 Å². The fourth-order valence-corrected chi connectivity index (χ4v) is 3.76. The molecule has 1 aromatic heterocycles. The van der Waals surface area contributed by atoms with Crippen molar-refractivity contribution in [3.63, 3.8) is 0 Å². The molecule has 1 amide bonds. The number of rotatable bonds is 4. The number of thiophene rings is 1. The summed E-state index contributed by atoms with van der Waals surface area (Å²) in [5, 5.41) is 12.6. The molecule has 6 heteroatoms. The van der Waals surface area contributed by atoms with E-state index in [-0.39, 0.29) is 5.91 Å². The van der Waals surface area contributed by atoms with Crippen molar-refractivity contribution in [2.75, 3.05) is 5.32 Å². The average molecular weight is 304 g/mol. The molecule has 0 bridgehead atoms. The average Bonchev–Trinajstić information content (AvgIpc) is 3.00. The number of carbonyl (C=O) groups is 1. The number of nitrogens with zero attached hydrogens (tertiary/aromatic N) is 1. The van der Waals surface area contributed by atoms with Gasteiger partial charge in [-0.2, -0.15) is 5.26 Å². The van der Waals surface area contributed by atoms with Gasteiger partial charge in [-0.25, -0.2) is 0 Å². The van der Waals surface area contributed by atoms with Crippen molar-refractivity contribution in [3.8, 4) is 6.07 Å². The monoisotopic (exact) mass is 304 g/mol. The maximum absolute atomic E-state index is 12.2. The third kappa shape index (κ3) is 3.32. The molecule has 1 N–H and O–H groups in total. The first-order chi connectivity index (χ1) is 9.61. The molecule has 2 unspecified atom stereocenters. The van der Waals surface area contributed by atoms with Crippen molar-refractivity contribution in [2.45, 2.75) is 16.4 Å². The largest absolute Gasteiger partial charge is 0.325 e. The van der Waals surface area contributed by atoms with Crippen LogP contribution in [0.3, 0.4) is 0 Å². The minimum atomic E-state index is -1.35. The maximum atomic E-state index is 12.2. The van der Waals surface area contributed by atoms with Gasteiger partial charge in [0.25, 0.3) is 0 Å². The molecule has 0 saturated carbocycles. The summed E-state index contributed by atoms with van der Waals surface area (Å²) in [5.74, 6) is -0.304. The van der Waals surface area contributed by atoms with Gasteiger partial charge >= 0.3 is 0 Å². The Hall–Kier alpha value is -1.97. The summed E-state index contributed by atoms with van der Waals surface area (Å²) in [4.78, 5) is 12.0. The van der Waals surface area contributed by atoms with E-state index in [0.717, 1.165) is 0 Å². The van der Waals surface area contributed by atoms with Gasteiger partial charge in [-0.15, -0.1) is 11.3 Å². The molecule has 2 atom stereocenters. The van der Waals surface area contributed by atoms with E-state index in [2.05, 4.69) is 5.32 Å². The van der Waals surface area contributed by atoms with Crippen LogP contribution in [0.4, 0.5) is 5.69 Å². The number of hydrogen-bond acceptors (Lipinski definition) is 4. The van der Waals surface area contributed by atoms with E-state index in [0.29, 0.717) is 15.5 Å². The molecule has 0 fully saturated rings. The van der Waals surface area contributed by atoms with Crippen molar-refractivity contribution >= 4 is 33.7 Å². The van der Waals surface area contributed by atoms with Crippen LogP contribution in [0.5, 0.6) is 0 Å². The van der Waals surface area contributed by atoms with Crippen molar-refractivity contribution < 1.29 is 9.00 Å². The van der Waals surface area contributed by atoms with Gasteiger partial charge in [0.15, 0.2) is 0 Å². The number of nitrogens with one attached hydrogen (secondary N) is 1. The second-order valence-electron chi connectivity index (χ2n) is 4.05. The lowest BCUT2D eigenvalue weighted by molar-refractivity contribution is -0.115. The second kappa shape index (κ2) is 6.46. The predicted molar refractivity (Wildman–Crippen MR) is 80.0 cm³/mol. The van der Waals surface area contributed by atoms with Crippen LogP contribution in [0.25, 0.3) is 0 Å². The molecule has 0 saturated heterocycles. The summed E-state index contributed by atoms with van der Waals surface area (Å²) in [6.45, 7) is 1.63. The number of benzene rings is 1. The summed E-state index contributed by atoms with van der Waals surface area (Å²) >= 11 is 1.37. The quantitative estimate of drug-likeness (QED) is 0.944. The second-order valence-corrected chi connectivity index (χ2v) is 7.00. The smallest absolute Gasteiger partial charge is 0.240 e. The van der Waals surface area contributed by atoms with Crippen LogP contribution in [0, 0.1) is 11.3 Å². The van der Waals surface area contributed by atoms with E-state index in [1.165, 1.54) is 11.3 Å². The lowest BCUT2D eigenvalue weighted by Gasteiger charge is -2.11. The Morgan fingerprint density at radius 2 is 2.05 bits per heavy atom. The molecule has 0 radical (unpaired) electrons. The van der Waals surface area contributed by atoms with Gasteiger partial charge in [0, 0.05) is 5.69 Å². The first-order valence-corrected chi connectivity index (χ1v) is 7.96. The first-order valence-electron chi connectivity index (χ1n) is 5.87. The zero-order valence-electron chi connectivity index (χ0n) is 10.7. The van der Waals surface area contributed by atoms with Gasteiger partial charge in [0.2, 0.25) is 5.91 Å². The van der Waals surface area contributed by atoms with Crippen molar-refractivity contribution in [3.05, 3.63) is 47.3 Å². The maximum Gasteiger partial charge on any atom is 0.240 e. The molecule has 2 aromatic rings. The minimum absolute atomic E-state index is 0.304. The van der Waals surface area contributed by atoms with E-state index in [9.17, 15) is 9.00 Å². The zero-order chi connectivity index (χ0) is 14.5. The Bertz CT molecular complexity index is 657. The van der Waals surface area contributed by atoms with Gasteiger partial charge in [-0.3, -0.25) is 9.00 Å². The van der Waals surface area contributed by atoms with Crippen LogP contribution in [0.15, 0.2) is 46.0 Å². The molecule has 20 heavy (non-hydrogen) atoms. The zero-order valence-corrected chi connectivity index (χ0v) is 12.3. The summed E-state index contributed by atoms with van der Waals surface area (Å²) in [5.41, 5.74) is 1.11. The van der Waals surface area contributed by atoms with Gasteiger partial charge in [-0.1, -0.05) is 6.07 Å². The fraction of sp³-hybridized carbons (Fsp3) is 0.143. The Kier molecular flexibility index (Phi) is 4.66. The Morgan fingerprint density at radius 3 is 2.60 bits per heavy atom. The van der Waals surface area contributed by atoms with Crippen LogP contribution in [0.1, 0.15) is 12.5 Å². The topological polar surface area (TPSA) is 70.0 Å². The summed E-state index contributed by atoms with van der Waals surface area (Å²) < 4.78 is 12.8. The van der Waals surface area contributed by atoms with E-state index < -0.39 is 16.0 Å². The molecular weight excluding hydrogens is 292 g/mol. The number of carbonyl (C=O) groups excluding carboxylic acids is 1. The van der Waals surface area contributed by atoms with E-state index in [4.69, 9.17) is 5.26 Å². The summed E-state index contributed by atoms with van der Waals surface area (Å²) in [7, 11) is -1.35. The fourth-order valence-electron chi connectivity index (χ4n) is 1.52. The van der Waals surface area contributed by atoms with E-state index >= 15 is 0 Å². The molecule has 0 spiro atoms. The molecule has 1 heterocycles. The minimum Gasteiger partial charge on any atom is -0.325 e. The SMILES string of the molecule is CC(C(=O)Nc1ccc(C#N)cc1)S(=O)c1cccs1. The molecular formula is C14H12N2O2S2. The third-order valence-corrected chi connectivity index (χ3v) is 5.50. The molecule has 0 aliphatic carbocycles. The van der Waals surface area contributed by atoms with Crippen molar-refractivity contribution in [1.29, 1.82) is 5.26 Å². The lowest BCUT2D eigenvalue weighted by atomic mass is 10.2. The first kappa shape index (κ1) is 14.4. The van der Waals surface area contributed by atoms with Gasteiger partial charge in [-0.05, 0) is 42.6 Å². The van der Waals surface area contributed by atoms with Gasteiger partial charge < -0.3 is 5.32 Å². The van der Waals surface area contributed by atoms with Crippen molar-refractivity contribution in [1.82, 2.24) is 0 Å². The van der Waals surface area contributed by atoms with Gasteiger partial charge in [0.1, 0.15) is 5.25 Å². The molecule has 2 rings (SSSR count). The molecule has 102 valence electrons. The predicted octanol–water partition coefficient (Wildman–Crippen LogP) is 2.75. The molecule has 1 aromatic carbocycles. The van der Waals surface area contributed by atoms with Crippen LogP contribution < -0.4 is 5.32 Å². The standard InChI is InChI=1S/C14H12N2O2S2/c1-10(20(18)13-3-2-8-19-13)14(17)16-12-6-4-11(9-15)5-7-12/h2-8,10H,1H3,(H,16,17). The van der Waals surface area contributed by atoms with Gasteiger partial charge in [0.05, 0.1) is 26.6 Å². The lowest BCUT2D eigenvalue weighted by Crippen LogP contribution is -2.28. The summed E-state index contributed by atoms with van der Waals surface area (Å²) in [6, 6.07) is 12.1. The Balaban J connectivity index is 2.04. The molecule has 4 nitrogen and oxygen atoms in total. The normalized spacial score (nSPS) is 13.2. The Morgan fingerprint density at radius 1 is 1.35 bits per heavy atom. The van der Waals surface area contributed by atoms with Crippen LogP contribution in [-0.4, -0.2) is 15.4 Å². The van der Waals surface area contributed by atoms with Crippen molar-refractivity contribution in [2.24, 2.45) is 0 Å². The van der Waals surface area contributed by atoms with E-state index in [1.807, 2.05) is 17.5 Å². The number of nitriles is 1. The van der Waals surface area contributed by atoms with Crippen LogP contribution >= 0.6 is 11.3 Å². The highest BCUT2D eigenvalue weighted by molar-refractivity contribution is 7.88. The highest BCUT2D eigenvalue weighted by atomic mass is 32.2. The molecule has 0 aliphatic rings. The number of amides is 1. The number of hydrogen-bond donors (Lipinski definition) is 1. The van der Waals surface area contributed by atoms with Crippen LogP contribution in [0.2, 0.25) is 0 Å². The summed E-state index contributed by atoms with van der Waals surface area (Å²) in [6.07, 6.45) is 0. The molecule has 0 aliphatic heterocycles. The van der Waals surface area contributed by atoms with E-state index in [1.54, 1.807) is 37.3 Å². The highest BCUT2D eigenvalue weighted by Crippen LogP contribution is 2.18. The third-order valence-electron chi connectivity index (χ3n) is 2.67. The highest BCUT2D eigenvalue weighted by Gasteiger charge is 2.22. The Labute approximate surface area is 123 Å². The number of anilines is 1.